The predicted molar refractivity (Wildman–Crippen MR) is 64.5 cm³/mol. The van der Waals surface area contributed by atoms with Gasteiger partial charge < -0.3 is 10.1 Å². The largest absolute Gasteiger partial charge is 0.379 e. The van der Waals surface area contributed by atoms with Gasteiger partial charge in [0.1, 0.15) is 0 Å². The van der Waals surface area contributed by atoms with Crippen molar-refractivity contribution in [2.24, 2.45) is 5.92 Å². The maximum absolute atomic E-state index is 5.40. The van der Waals surface area contributed by atoms with Gasteiger partial charge >= 0.3 is 0 Å². The molecule has 1 N–H and O–H groups in total. The van der Waals surface area contributed by atoms with Crippen molar-refractivity contribution < 1.29 is 4.74 Å². The van der Waals surface area contributed by atoms with E-state index in [2.05, 4.69) is 10.2 Å². The summed E-state index contributed by atoms with van der Waals surface area (Å²) in [5.41, 5.74) is 0. The molecule has 2 saturated heterocycles. The van der Waals surface area contributed by atoms with Gasteiger partial charge in [-0.25, -0.2) is 0 Å². The molecule has 0 radical (unpaired) electrons. The molecule has 0 bridgehead atoms. The minimum atomic E-state index is 0.756. The van der Waals surface area contributed by atoms with E-state index >= 15 is 0 Å². The quantitative estimate of drug-likeness (QED) is 0.764. The van der Waals surface area contributed by atoms with E-state index in [9.17, 15) is 0 Å². The molecule has 0 spiro atoms. The Labute approximate surface area is 98.5 Å². The molecule has 2 aliphatic heterocycles. The van der Waals surface area contributed by atoms with Crippen LogP contribution in [-0.4, -0.2) is 49.8 Å². The fraction of sp³-hybridized carbons (Fsp3) is 1.00. The zero-order valence-corrected chi connectivity index (χ0v) is 10.2. The van der Waals surface area contributed by atoms with Gasteiger partial charge in [0.2, 0.25) is 0 Å². The van der Waals surface area contributed by atoms with Gasteiger partial charge in [-0.3, -0.25) is 4.90 Å². The number of hydrogen-bond acceptors (Lipinski definition) is 3. The third-order valence-corrected chi connectivity index (χ3v) is 4.53. The van der Waals surface area contributed by atoms with E-state index in [0.29, 0.717) is 0 Å². The van der Waals surface area contributed by atoms with Crippen molar-refractivity contribution in [3.8, 4) is 0 Å². The molecule has 0 aromatic heterocycles. The van der Waals surface area contributed by atoms with E-state index in [0.717, 1.165) is 44.3 Å². The number of morpholine rings is 1. The molecule has 2 heterocycles. The molecule has 1 aliphatic carbocycles. The maximum atomic E-state index is 5.40. The van der Waals surface area contributed by atoms with Crippen LogP contribution in [0.4, 0.5) is 0 Å². The first-order valence-corrected chi connectivity index (χ1v) is 6.98. The zero-order chi connectivity index (χ0) is 10.8. The standard InChI is InChI=1S/C13H24N2O/c1-2-4-13-11(3-1)9-12(14-13)10-15-5-7-16-8-6-15/h11-14H,1-10H2. The Morgan fingerprint density at radius 3 is 2.75 bits per heavy atom. The summed E-state index contributed by atoms with van der Waals surface area (Å²) in [4.78, 5) is 2.57. The zero-order valence-electron chi connectivity index (χ0n) is 10.2. The van der Waals surface area contributed by atoms with E-state index in [1.165, 1.54) is 38.6 Å². The van der Waals surface area contributed by atoms with Crippen molar-refractivity contribution >= 4 is 0 Å². The highest BCUT2D eigenvalue weighted by Gasteiger charge is 2.35. The number of nitrogens with one attached hydrogen (secondary N) is 1. The highest BCUT2D eigenvalue weighted by Crippen LogP contribution is 2.33. The lowest BCUT2D eigenvalue weighted by molar-refractivity contribution is 0.0342. The molecule has 0 aromatic rings. The van der Waals surface area contributed by atoms with Gasteiger partial charge in [0, 0.05) is 31.7 Å². The Bertz CT molecular complexity index is 214. The van der Waals surface area contributed by atoms with Crippen LogP contribution in [0.2, 0.25) is 0 Å². The summed E-state index contributed by atoms with van der Waals surface area (Å²) in [5.74, 6) is 0.986. The van der Waals surface area contributed by atoms with Crippen LogP contribution in [0.25, 0.3) is 0 Å². The van der Waals surface area contributed by atoms with Crippen LogP contribution in [0.3, 0.4) is 0 Å². The molecule has 3 atom stereocenters. The second-order valence-electron chi connectivity index (χ2n) is 5.66. The lowest BCUT2D eigenvalue weighted by Crippen LogP contribution is -2.44. The molecule has 3 nitrogen and oxygen atoms in total. The van der Waals surface area contributed by atoms with Gasteiger partial charge in [-0.1, -0.05) is 12.8 Å². The molecule has 92 valence electrons. The molecule has 0 aromatic carbocycles. The minimum Gasteiger partial charge on any atom is -0.379 e. The summed E-state index contributed by atoms with van der Waals surface area (Å²) in [6.07, 6.45) is 7.22. The Hall–Kier alpha value is -0.120. The number of ether oxygens (including phenoxy) is 1. The van der Waals surface area contributed by atoms with E-state index in [1.54, 1.807) is 0 Å². The minimum absolute atomic E-state index is 0.756. The van der Waals surface area contributed by atoms with Crippen molar-refractivity contribution in [1.29, 1.82) is 0 Å². The third-order valence-electron chi connectivity index (χ3n) is 4.53. The second-order valence-corrected chi connectivity index (χ2v) is 5.66. The smallest absolute Gasteiger partial charge is 0.0594 e. The second kappa shape index (κ2) is 5.03. The number of fused-ring (bicyclic) bond motifs is 1. The SMILES string of the molecule is C1CCC2NC(CN3CCOCC3)CC2C1. The molecule has 16 heavy (non-hydrogen) atoms. The molecule has 3 rings (SSSR count). The first-order valence-electron chi connectivity index (χ1n) is 6.98. The van der Waals surface area contributed by atoms with Gasteiger partial charge in [-0.05, 0) is 25.2 Å². The van der Waals surface area contributed by atoms with Gasteiger partial charge in [0.15, 0.2) is 0 Å². The molecule has 3 heteroatoms. The van der Waals surface area contributed by atoms with Crippen molar-refractivity contribution in [3.63, 3.8) is 0 Å². The van der Waals surface area contributed by atoms with E-state index < -0.39 is 0 Å². The first-order chi connectivity index (χ1) is 7.92. The summed E-state index contributed by atoms with van der Waals surface area (Å²) in [6, 6.07) is 1.60. The van der Waals surface area contributed by atoms with Crippen LogP contribution in [0, 0.1) is 5.92 Å². The molecular formula is C13H24N2O. The normalized spacial score (nSPS) is 40.9. The van der Waals surface area contributed by atoms with E-state index in [4.69, 9.17) is 4.74 Å². The van der Waals surface area contributed by atoms with Crippen molar-refractivity contribution in [2.45, 2.75) is 44.2 Å². The molecular weight excluding hydrogens is 200 g/mol. The van der Waals surface area contributed by atoms with Crippen molar-refractivity contribution in [1.82, 2.24) is 10.2 Å². The highest BCUT2D eigenvalue weighted by atomic mass is 16.5. The average Bonchev–Trinajstić information content (AvgIpc) is 2.72. The van der Waals surface area contributed by atoms with E-state index in [1.807, 2.05) is 0 Å². The van der Waals surface area contributed by atoms with Gasteiger partial charge in [0.25, 0.3) is 0 Å². The van der Waals surface area contributed by atoms with Crippen LogP contribution in [-0.2, 0) is 4.74 Å². The lowest BCUT2D eigenvalue weighted by atomic mass is 9.85. The first kappa shape index (κ1) is 11.0. The van der Waals surface area contributed by atoms with Crippen molar-refractivity contribution in [2.75, 3.05) is 32.8 Å². The monoisotopic (exact) mass is 224 g/mol. The molecule has 1 saturated carbocycles. The Morgan fingerprint density at radius 2 is 1.94 bits per heavy atom. The lowest BCUT2D eigenvalue weighted by Gasteiger charge is -2.29. The van der Waals surface area contributed by atoms with Gasteiger partial charge in [-0.15, -0.1) is 0 Å². The molecule has 3 aliphatic rings. The number of nitrogens with zero attached hydrogens (tertiary/aromatic N) is 1. The Morgan fingerprint density at radius 1 is 1.12 bits per heavy atom. The summed E-state index contributed by atoms with van der Waals surface area (Å²) >= 11 is 0. The summed E-state index contributed by atoms with van der Waals surface area (Å²) in [6.45, 7) is 5.37. The average molecular weight is 224 g/mol. The van der Waals surface area contributed by atoms with Gasteiger partial charge in [-0.2, -0.15) is 0 Å². The number of hydrogen-bond donors (Lipinski definition) is 1. The van der Waals surface area contributed by atoms with Crippen LogP contribution >= 0.6 is 0 Å². The Kier molecular flexibility index (Phi) is 3.46. The molecule has 0 amide bonds. The fourth-order valence-corrected chi connectivity index (χ4v) is 3.67. The number of rotatable bonds is 2. The summed E-state index contributed by atoms with van der Waals surface area (Å²) in [5, 5.41) is 3.86. The topological polar surface area (TPSA) is 24.5 Å². The third kappa shape index (κ3) is 2.41. The predicted octanol–water partition coefficient (Wildman–Crippen LogP) is 1.24. The van der Waals surface area contributed by atoms with Crippen LogP contribution < -0.4 is 5.32 Å². The van der Waals surface area contributed by atoms with Gasteiger partial charge in [0.05, 0.1) is 13.2 Å². The maximum Gasteiger partial charge on any atom is 0.0594 e. The van der Waals surface area contributed by atoms with Crippen LogP contribution in [0.1, 0.15) is 32.1 Å². The van der Waals surface area contributed by atoms with Crippen molar-refractivity contribution in [3.05, 3.63) is 0 Å². The molecule has 3 unspecified atom stereocenters. The summed E-state index contributed by atoms with van der Waals surface area (Å²) < 4.78 is 5.40. The Balaban J connectivity index is 1.49. The summed E-state index contributed by atoms with van der Waals surface area (Å²) in [7, 11) is 0. The van der Waals surface area contributed by atoms with E-state index in [-0.39, 0.29) is 0 Å². The van der Waals surface area contributed by atoms with Crippen LogP contribution in [0.15, 0.2) is 0 Å². The fourth-order valence-electron chi connectivity index (χ4n) is 3.67. The molecule has 3 fully saturated rings. The van der Waals surface area contributed by atoms with Crippen LogP contribution in [0.5, 0.6) is 0 Å². The highest BCUT2D eigenvalue weighted by molar-refractivity contribution is 4.94.